The molecule has 0 saturated carbocycles. The van der Waals surface area contributed by atoms with Crippen LogP contribution in [0.15, 0.2) is 30.3 Å². The quantitative estimate of drug-likeness (QED) is 0.803. The third kappa shape index (κ3) is 2.73. The van der Waals surface area contributed by atoms with Crippen molar-refractivity contribution in [1.29, 1.82) is 0 Å². The van der Waals surface area contributed by atoms with Gasteiger partial charge in [-0.1, -0.05) is 30.3 Å². The van der Waals surface area contributed by atoms with Crippen molar-refractivity contribution in [3.05, 3.63) is 35.9 Å². The van der Waals surface area contributed by atoms with Crippen LogP contribution >= 0.6 is 0 Å². The van der Waals surface area contributed by atoms with Crippen LogP contribution in [0.4, 0.5) is 8.78 Å². The monoisotopic (exact) mass is 216 g/mol. The van der Waals surface area contributed by atoms with Gasteiger partial charge in [-0.05, 0) is 0 Å². The molecule has 1 unspecified atom stereocenters. The fourth-order valence-corrected chi connectivity index (χ4v) is 1.15. The predicted octanol–water partition coefficient (Wildman–Crippen LogP) is 1.61. The minimum atomic E-state index is -3.54. The van der Waals surface area contributed by atoms with Crippen LogP contribution in [0.25, 0.3) is 0 Å². The van der Waals surface area contributed by atoms with Gasteiger partial charge in [0.05, 0.1) is 6.42 Å². The van der Waals surface area contributed by atoms with E-state index in [4.69, 9.17) is 10.2 Å². The van der Waals surface area contributed by atoms with Crippen molar-refractivity contribution in [2.75, 3.05) is 0 Å². The van der Waals surface area contributed by atoms with E-state index in [-0.39, 0.29) is 0 Å². The summed E-state index contributed by atoms with van der Waals surface area (Å²) in [5.74, 6) is -5.00. The summed E-state index contributed by atoms with van der Waals surface area (Å²) in [6.45, 7) is 0. The lowest BCUT2D eigenvalue weighted by Gasteiger charge is -2.21. The Morgan fingerprint density at radius 3 is 2.33 bits per heavy atom. The van der Waals surface area contributed by atoms with Gasteiger partial charge in [-0.25, -0.2) is 0 Å². The van der Waals surface area contributed by atoms with Crippen molar-refractivity contribution < 1.29 is 23.8 Å². The van der Waals surface area contributed by atoms with Crippen molar-refractivity contribution >= 4 is 5.97 Å². The van der Waals surface area contributed by atoms with Crippen LogP contribution in [0.1, 0.15) is 12.0 Å². The number of carboxylic acid groups (broad SMARTS) is 1. The highest BCUT2D eigenvalue weighted by molar-refractivity contribution is 5.67. The third-order valence-corrected chi connectivity index (χ3v) is 1.95. The molecule has 0 heterocycles. The molecular weight excluding hydrogens is 206 g/mol. The lowest BCUT2D eigenvalue weighted by atomic mass is 10.0. The number of carbonyl (C=O) groups is 1. The normalized spacial score (nSPS) is 13.5. The Morgan fingerprint density at radius 1 is 1.33 bits per heavy atom. The average Bonchev–Trinajstić information content (AvgIpc) is 2.18. The van der Waals surface area contributed by atoms with Gasteiger partial charge in [0.25, 0.3) is 5.92 Å². The van der Waals surface area contributed by atoms with Gasteiger partial charge in [-0.2, -0.15) is 8.78 Å². The number of rotatable bonds is 4. The van der Waals surface area contributed by atoms with E-state index >= 15 is 0 Å². The maximum atomic E-state index is 13.4. The number of benzene rings is 1. The Morgan fingerprint density at radius 2 is 1.87 bits per heavy atom. The summed E-state index contributed by atoms with van der Waals surface area (Å²) >= 11 is 0. The van der Waals surface area contributed by atoms with E-state index in [1.807, 2.05) is 0 Å². The molecule has 0 spiro atoms. The first-order valence-electron chi connectivity index (χ1n) is 4.28. The van der Waals surface area contributed by atoms with Crippen molar-refractivity contribution in [2.24, 2.45) is 0 Å². The van der Waals surface area contributed by atoms with Gasteiger partial charge in [0.1, 0.15) is 6.10 Å². The summed E-state index contributed by atoms with van der Waals surface area (Å²) in [5, 5.41) is 17.4. The highest BCUT2D eigenvalue weighted by atomic mass is 19.3. The maximum Gasteiger partial charge on any atom is 0.306 e. The third-order valence-electron chi connectivity index (χ3n) is 1.95. The average molecular weight is 216 g/mol. The van der Waals surface area contributed by atoms with E-state index in [0.717, 1.165) is 12.1 Å². The van der Waals surface area contributed by atoms with E-state index < -0.39 is 30.0 Å². The summed E-state index contributed by atoms with van der Waals surface area (Å²) in [7, 11) is 0. The molecule has 1 atom stereocenters. The Bertz CT molecular complexity index is 338. The van der Waals surface area contributed by atoms with E-state index in [0.29, 0.717) is 0 Å². The molecule has 15 heavy (non-hydrogen) atoms. The summed E-state index contributed by atoms with van der Waals surface area (Å²) in [6.07, 6.45) is -3.19. The topological polar surface area (TPSA) is 57.5 Å². The molecule has 5 heteroatoms. The van der Waals surface area contributed by atoms with Gasteiger partial charge in [-0.15, -0.1) is 0 Å². The fourth-order valence-electron chi connectivity index (χ4n) is 1.15. The molecule has 0 saturated heterocycles. The predicted molar refractivity (Wildman–Crippen MR) is 48.6 cm³/mol. The van der Waals surface area contributed by atoms with Crippen molar-refractivity contribution in [1.82, 2.24) is 0 Å². The first-order chi connectivity index (χ1) is 6.94. The zero-order valence-corrected chi connectivity index (χ0v) is 7.73. The Hall–Kier alpha value is -1.49. The van der Waals surface area contributed by atoms with E-state index in [9.17, 15) is 13.6 Å². The van der Waals surface area contributed by atoms with Crippen LogP contribution in [-0.4, -0.2) is 22.3 Å². The number of alkyl halides is 2. The molecule has 3 nitrogen and oxygen atoms in total. The Labute approximate surface area is 85.0 Å². The van der Waals surface area contributed by atoms with Crippen molar-refractivity contribution in [2.45, 2.75) is 18.4 Å². The smallest absolute Gasteiger partial charge is 0.306 e. The molecule has 0 aromatic heterocycles. The van der Waals surface area contributed by atoms with Crippen LogP contribution in [0.2, 0.25) is 0 Å². The van der Waals surface area contributed by atoms with Crippen LogP contribution in [0.3, 0.4) is 0 Å². The zero-order chi connectivity index (χ0) is 11.5. The number of hydrogen-bond acceptors (Lipinski definition) is 2. The molecule has 1 rings (SSSR count). The molecule has 2 N–H and O–H groups in total. The molecule has 0 amide bonds. The van der Waals surface area contributed by atoms with Crippen LogP contribution in [0.5, 0.6) is 0 Å². The molecule has 0 aliphatic heterocycles. The lowest BCUT2D eigenvalue weighted by molar-refractivity contribution is -0.153. The maximum absolute atomic E-state index is 13.4. The number of hydrogen-bond donors (Lipinski definition) is 2. The number of halogens is 2. The summed E-state index contributed by atoms with van der Waals surface area (Å²) in [6, 6.07) is 6.65. The highest BCUT2D eigenvalue weighted by Crippen LogP contribution is 2.32. The van der Waals surface area contributed by atoms with E-state index in [1.54, 1.807) is 6.07 Å². The van der Waals surface area contributed by atoms with Crippen LogP contribution in [0, 0.1) is 0 Å². The minimum Gasteiger partial charge on any atom is -0.481 e. The fraction of sp³-hybridized carbons (Fsp3) is 0.300. The standard InChI is InChI=1S/C10H10F2O3/c11-10(12,8(13)6-9(14)15)7-4-2-1-3-5-7/h1-5,8,13H,6H2,(H,14,15). The van der Waals surface area contributed by atoms with Gasteiger partial charge in [0.15, 0.2) is 0 Å². The summed E-state index contributed by atoms with van der Waals surface area (Å²) < 4.78 is 26.8. The highest BCUT2D eigenvalue weighted by Gasteiger charge is 2.41. The molecule has 0 fully saturated rings. The van der Waals surface area contributed by atoms with Gasteiger partial charge in [0, 0.05) is 5.56 Å². The molecule has 0 aliphatic rings. The van der Waals surface area contributed by atoms with Crippen LogP contribution in [-0.2, 0) is 10.7 Å². The molecule has 1 aromatic carbocycles. The van der Waals surface area contributed by atoms with Crippen molar-refractivity contribution in [3.63, 3.8) is 0 Å². The molecule has 1 aromatic rings. The van der Waals surface area contributed by atoms with E-state index in [2.05, 4.69) is 0 Å². The van der Waals surface area contributed by atoms with Crippen LogP contribution < -0.4 is 0 Å². The lowest BCUT2D eigenvalue weighted by Crippen LogP contribution is -2.32. The van der Waals surface area contributed by atoms with Gasteiger partial charge < -0.3 is 10.2 Å². The SMILES string of the molecule is O=C(O)CC(O)C(F)(F)c1ccccc1. The van der Waals surface area contributed by atoms with E-state index in [1.165, 1.54) is 12.1 Å². The zero-order valence-electron chi connectivity index (χ0n) is 7.73. The van der Waals surface area contributed by atoms with Crippen molar-refractivity contribution in [3.8, 4) is 0 Å². The summed E-state index contributed by atoms with van der Waals surface area (Å²) in [5.41, 5.74) is -0.390. The minimum absolute atomic E-state index is 0.390. The number of carboxylic acids is 1. The number of aliphatic hydroxyl groups excluding tert-OH is 1. The largest absolute Gasteiger partial charge is 0.481 e. The Kier molecular flexibility index (Phi) is 3.36. The molecule has 82 valence electrons. The number of aliphatic carboxylic acids is 1. The first-order valence-corrected chi connectivity index (χ1v) is 4.28. The summed E-state index contributed by atoms with van der Waals surface area (Å²) in [4.78, 5) is 10.2. The Balaban J connectivity index is 2.87. The first kappa shape index (κ1) is 11.6. The second-order valence-corrected chi connectivity index (χ2v) is 3.10. The van der Waals surface area contributed by atoms with Gasteiger partial charge in [0.2, 0.25) is 0 Å². The second kappa shape index (κ2) is 4.35. The van der Waals surface area contributed by atoms with Gasteiger partial charge in [-0.3, -0.25) is 4.79 Å². The van der Waals surface area contributed by atoms with Gasteiger partial charge >= 0.3 is 5.97 Å². The second-order valence-electron chi connectivity index (χ2n) is 3.10. The molecular formula is C10H10F2O3. The molecule has 0 radical (unpaired) electrons. The molecule has 0 bridgehead atoms. The number of aliphatic hydroxyl groups is 1. The molecule has 0 aliphatic carbocycles.